The number of nitrogens with zero attached hydrogens (tertiary/aromatic N) is 2. The van der Waals surface area contributed by atoms with E-state index in [4.69, 9.17) is 4.42 Å². The van der Waals surface area contributed by atoms with Crippen LogP contribution < -0.4 is 5.32 Å². The number of hydrogen-bond donors (Lipinski definition) is 1. The van der Waals surface area contributed by atoms with Gasteiger partial charge in [0.05, 0.1) is 12.8 Å². The molecule has 0 bridgehead atoms. The topological polar surface area (TPSA) is 65.8 Å². The predicted molar refractivity (Wildman–Crippen MR) is 70.6 cm³/mol. The monoisotopic (exact) mass is 285 g/mol. The molecule has 1 aliphatic heterocycles. The van der Waals surface area contributed by atoms with Gasteiger partial charge in [0.2, 0.25) is 0 Å². The lowest BCUT2D eigenvalue weighted by Gasteiger charge is -2.32. The van der Waals surface area contributed by atoms with Gasteiger partial charge in [-0.05, 0) is 25.0 Å². The molecule has 19 heavy (non-hydrogen) atoms. The number of piperazine rings is 1. The fourth-order valence-electron chi connectivity index (χ4n) is 2.34. The summed E-state index contributed by atoms with van der Waals surface area (Å²) in [4.78, 5) is 0. The van der Waals surface area contributed by atoms with Gasteiger partial charge in [0.25, 0.3) is 10.2 Å². The smallest absolute Gasteiger partial charge is 0.282 e. The molecule has 2 aliphatic rings. The standard InChI is InChI=1S/C12H19N3O3S/c16-19(17,14-7-5-13-6-8-14)15(11-3-4-11)10-12-2-1-9-18-12/h1-2,9,11,13H,3-8,10H2. The highest BCUT2D eigenvalue weighted by molar-refractivity contribution is 7.86. The highest BCUT2D eigenvalue weighted by atomic mass is 32.2. The molecule has 0 radical (unpaired) electrons. The molecular formula is C12H19N3O3S. The van der Waals surface area contributed by atoms with Crippen LogP contribution in [0.5, 0.6) is 0 Å². The minimum Gasteiger partial charge on any atom is -0.468 e. The summed E-state index contributed by atoms with van der Waals surface area (Å²) in [6.07, 6.45) is 3.48. The van der Waals surface area contributed by atoms with E-state index in [0.29, 0.717) is 25.4 Å². The summed E-state index contributed by atoms with van der Waals surface area (Å²) in [6, 6.07) is 3.76. The van der Waals surface area contributed by atoms with E-state index in [-0.39, 0.29) is 6.04 Å². The second kappa shape index (κ2) is 5.24. The highest BCUT2D eigenvalue weighted by Gasteiger charge is 2.41. The average Bonchev–Trinajstić information content (AvgIpc) is 3.13. The van der Waals surface area contributed by atoms with E-state index in [0.717, 1.165) is 25.9 Å². The Morgan fingerprint density at radius 1 is 1.37 bits per heavy atom. The van der Waals surface area contributed by atoms with Crippen molar-refractivity contribution in [3.63, 3.8) is 0 Å². The van der Waals surface area contributed by atoms with Crippen LogP contribution in [0.15, 0.2) is 22.8 Å². The van der Waals surface area contributed by atoms with Crippen LogP contribution in [0.3, 0.4) is 0 Å². The van der Waals surface area contributed by atoms with Crippen molar-refractivity contribution < 1.29 is 12.8 Å². The van der Waals surface area contributed by atoms with Crippen molar-refractivity contribution in [3.05, 3.63) is 24.2 Å². The summed E-state index contributed by atoms with van der Waals surface area (Å²) in [5.41, 5.74) is 0. The fraction of sp³-hybridized carbons (Fsp3) is 0.667. The van der Waals surface area contributed by atoms with Crippen LogP contribution in [0.1, 0.15) is 18.6 Å². The van der Waals surface area contributed by atoms with Crippen LogP contribution in [0, 0.1) is 0 Å². The first-order valence-corrected chi connectivity index (χ1v) is 8.07. The normalized spacial score (nSPS) is 21.9. The van der Waals surface area contributed by atoms with E-state index in [2.05, 4.69) is 5.32 Å². The van der Waals surface area contributed by atoms with Gasteiger partial charge in [-0.25, -0.2) is 0 Å². The third kappa shape index (κ3) is 2.84. The minimum absolute atomic E-state index is 0.144. The van der Waals surface area contributed by atoms with Crippen molar-refractivity contribution in [1.82, 2.24) is 13.9 Å². The molecule has 0 spiro atoms. The Labute approximate surface area is 113 Å². The van der Waals surface area contributed by atoms with Crippen LogP contribution in [-0.2, 0) is 16.8 Å². The lowest BCUT2D eigenvalue weighted by Crippen LogP contribution is -2.52. The van der Waals surface area contributed by atoms with Gasteiger partial charge < -0.3 is 9.73 Å². The van der Waals surface area contributed by atoms with Gasteiger partial charge >= 0.3 is 0 Å². The second-order valence-corrected chi connectivity index (χ2v) is 6.89. The fourth-order valence-corrected chi connectivity index (χ4v) is 4.16. The highest BCUT2D eigenvalue weighted by Crippen LogP contribution is 2.32. The number of nitrogens with one attached hydrogen (secondary N) is 1. The van der Waals surface area contributed by atoms with E-state index < -0.39 is 10.2 Å². The van der Waals surface area contributed by atoms with E-state index in [1.165, 1.54) is 0 Å². The molecule has 2 heterocycles. The summed E-state index contributed by atoms with van der Waals surface area (Å²) in [5.74, 6) is 0.700. The van der Waals surface area contributed by atoms with Gasteiger partial charge in [0, 0.05) is 32.2 Å². The number of furan rings is 1. The molecule has 2 fully saturated rings. The van der Waals surface area contributed by atoms with Crippen molar-refractivity contribution in [2.24, 2.45) is 0 Å². The van der Waals surface area contributed by atoms with Gasteiger partial charge in [-0.3, -0.25) is 0 Å². The van der Waals surface area contributed by atoms with Gasteiger partial charge in [-0.1, -0.05) is 0 Å². The van der Waals surface area contributed by atoms with Crippen LogP contribution in [0.25, 0.3) is 0 Å². The largest absolute Gasteiger partial charge is 0.468 e. The van der Waals surface area contributed by atoms with E-state index in [1.807, 2.05) is 6.07 Å². The molecule has 0 atom stereocenters. The number of hydrogen-bond acceptors (Lipinski definition) is 4. The van der Waals surface area contributed by atoms with Gasteiger partial charge in [-0.2, -0.15) is 17.0 Å². The summed E-state index contributed by atoms with van der Waals surface area (Å²) < 4.78 is 33.8. The zero-order valence-corrected chi connectivity index (χ0v) is 11.6. The molecule has 106 valence electrons. The maximum Gasteiger partial charge on any atom is 0.282 e. The molecule has 1 saturated heterocycles. The van der Waals surface area contributed by atoms with Gasteiger partial charge in [0.15, 0.2) is 0 Å². The zero-order chi connectivity index (χ0) is 13.3. The lowest BCUT2D eigenvalue weighted by atomic mass is 10.4. The summed E-state index contributed by atoms with van der Waals surface area (Å²) in [7, 11) is -3.37. The zero-order valence-electron chi connectivity index (χ0n) is 10.8. The Balaban J connectivity index is 1.78. The first-order valence-electron chi connectivity index (χ1n) is 6.68. The van der Waals surface area contributed by atoms with Gasteiger partial charge in [-0.15, -0.1) is 0 Å². The molecule has 6 nitrogen and oxygen atoms in total. The van der Waals surface area contributed by atoms with Crippen LogP contribution in [-0.4, -0.2) is 49.2 Å². The third-order valence-electron chi connectivity index (χ3n) is 3.54. The molecular weight excluding hydrogens is 266 g/mol. The first kappa shape index (κ1) is 13.1. The Bertz CT molecular complexity index is 504. The molecule has 1 aromatic heterocycles. The van der Waals surface area contributed by atoms with E-state index in [9.17, 15) is 8.42 Å². The SMILES string of the molecule is O=S(=O)(N1CCNCC1)N(Cc1ccco1)C1CC1. The second-order valence-electron chi connectivity index (χ2n) is 5.01. The van der Waals surface area contributed by atoms with Crippen LogP contribution in [0.2, 0.25) is 0 Å². The number of rotatable bonds is 5. The molecule has 1 aromatic rings. The first-order chi connectivity index (χ1) is 9.18. The van der Waals surface area contributed by atoms with E-state index >= 15 is 0 Å². The quantitative estimate of drug-likeness (QED) is 0.850. The van der Waals surface area contributed by atoms with Crippen molar-refractivity contribution in [1.29, 1.82) is 0 Å². The molecule has 1 saturated carbocycles. The molecule has 7 heteroatoms. The van der Waals surface area contributed by atoms with Crippen LogP contribution in [0.4, 0.5) is 0 Å². The van der Waals surface area contributed by atoms with E-state index in [1.54, 1.807) is 20.9 Å². The van der Waals surface area contributed by atoms with Crippen molar-refractivity contribution in [3.8, 4) is 0 Å². The maximum atomic E-state index is 12.7. The van der Waals surface area contributed by atoms with Crippen molar-refractivity contribution in [2.75, 3.05) is 26.2 Å². The van der Waals surface area contributed by atoms with Gasteiger partial charge in [0.1, 0.15) is 5.76 Å². The Hall–Kier alpha value is -0.890. The predicted octanol–water partition coefficient (Wildman–Crippen LogP) is 0.394. The third-order valence-corrected chi connectivity index (χ3v) is 5.58. The Morgan fingerprint density at radius 3 is 2.68 bits per heavy atom. The summed E-state index contributed by atoms with van der Waals surface area (Å²) in [5, 5.41) is 3.17. The summed E-state index contributed by atoms with van der Waals surface area (Å²) in [6.45, 7) is 2.87. The molecule has 0 aromatic carbocycles. The van der Waals surface area contributed by atoms with Crippen molar-refractivity contribution >= 4 is 10.2 Å². The molecule has 1 N–H and O–H groups in total. The lowest BCUT2D eigenvalue weighted by molar-refractivity contribution is 0.292. The molecule has 0 amide bonds. The summed E-state index contributed by atoms with van der Waals surface area (Å²) >= 11 is 0. The van der Waals surface area contributed by atoms with Crippen LogP contribution >= 0.6 is 0 Å². The Kier molecular flexibility index (Phi) is 3.62. The molecule has 0 unspecified atom stereocenters. The molecule has 3 rings (SSSR count). The molecule has 1 aliphatic carbocycles. The Morgan fingerprint density at radius 2 is 2.11 bits per heavy atom. The maximum absolute atomic E-state index is 12.7. The average molecular weight is 285 g/mol. The van der Waals surface area contributed by atoms with Crippen molar-refractivity contribution in [2.45, 2.75) is 25.4 Å². The minimum atomic E-state index is -3.37.